The normalized spacial score (nSPS) is 17.0. The Morgan fingerprint density at radius 3 is 1.78 bits per heavy atom. The van der Waals surface area contributed by atoms with Crippen molar-refractivity contribution >= 4 is 0 Å². The van der Waals surface area contributed by atoms with Crippen LogP contribution >= 0.6 is 0 Å². The second kappa shape index (κ2) is 13.2. The Morgan fingerprint density at radius 2 is 1.20 bits per heavy atom. The van der Waals surface area contributed by atoms with Gasteiger partial charge in [-0.1, -0.05) is 31.2 Å². The fourth-order valence-corrected chi connectivity index (χ4v) is 5.58. The van der Waals surface area contributed by atoms with Crippen molar-refractivity contribution in [3.05, 3.63) is 113 Å². The summed E-state index contributed by atoms with van der Waals surface area (Å²) >= 11 is 0. The molecule has 0 heterocycles. The number of hydrogen-bond acceptors (Lipinski definition) is 2. The molecular weight excluding hydrogens is 611 g/mol. The van der Waals surface area contributed by atoms with Crippen LogP contribution in [0.15, 0.2) is 60.7 Å². The highest BCUT2D eigenvalue weighted by Gasteiger charge is 2.41. The SMILES string of the molecule is CCCOC1CCC(c2ccc(-c3ccc(-c4cc(F)c(C(F)(F)Oc5cc(F)c(F)c(F)c5)c(F)c4)c(F)c3)c(F)c2)CC1. The Labute approximate surface area is 253 Å². The summed E-state index contributed by atoms with van der Waals surface area (Å²) < 4.78 is 139. The Hall–Kier alpha value is -3.99. The molecule has 0 amide bonds. The van der Waals surface area contributed by atoms with Crippen LogP contribution in [0, 0.1) is 40.7 Å². The molecule has 4 aromatic rings. The highest BCUT2D eigenvalue weighted by atomic mass is 19.3. The molecule has 0 radical (unpaired) electrons. The van der Waals surface area contributed by atoms with Gasteiger partial charge in [0.2, 0.25) is 0 Å². The Morgan fingerprint density at radius 1 is 0.644 bits per heavy atom. The topological polar surface area (TPSA) is 18.5 Å². The Bertz CT molecular complexity index is 1650. The fraction of sp³-hybridized carbons (Fsp3) is 0.294. The zero-order valence-corrected chi connectivity index (χ0v) is 23.9. The minimum atomic E-state index is -4.79. The maximum absolute atomic E-state index is 15.2. The molecule has 0 bridgehead atoms. The van der Waals surface area contributed by atoms with Crippen LogP contribution in [0.5, 0.6) is 5.75 Å². The van der Waals surface area contributed by atoms with Gasteiger partial charge in [0.05, 0.1) is 6.10 Å². The number of rotatable bonds is 9. The molecule has 0 saturated heterocycles. The molecule has 2 nitrogen and oxygen atoms in total. The lowest BCUT2D eigenvalue weighted by molar-refractivity contribution is -0.189. The standard InChI is InChI=1S/C34H27F9O2/c1-2-11-44-22-7-3-18(4-8-22)19-5-9-24(26(35)12-19)20-6-10-25(27(36)13-20)21-14-28(37)32(29(38)15-21)34(42,43)45-23-16-30(39)33(41)31(40)17-23/h5-6,9-10,12-18,22H,2-4,7-8,11H2,1H3. The van der Waals surface area contributed by atoms with E-state index in [-0.39, 0.29) is 40.8 Å². The van der Waals surface area contributed by atoms with Crippen molar-refractivity contribution in [2.75, 3.05) is 6.61 Å². The lowest BCUT2D eigenvalue weighted by Crippen LogP contribution is -2.25. The largest absolute Gasteiger partial charge is 0.432 e. The third-order valence-corrected chi connectivity index (χ3v) is 7.82. The van der Waals surface area contributed by atoms with Crippen molar-refractivity contribution in [3.8, 4) is 28.0 Å². The summed E-state index contributed by atoms with van der Waals surface area (Å²) in [5.41, 5.74) is -1.67. The van der Waals surface area contributed by atoms with Crippen LogP contribution in [-0.2, 0) is 10.8 Å². The van der Waals surface area contributed by atoms with E-state index in [4.69, 9.17) is 4.74 Å². The van der Waals surface area contributed by atoms with Crippen LogP contribution < -0.4 is 4.74 Å². The zero-order chi connectivity index (χ0) is 32.5. The molecule has 0 atom stereocenters. The van der Waals surface area contributed by atoms with E-state index < -0.39 is 63.7 Å². The summed E-state index contributed by atoms with van der Waals surface area (Å²) in [5.74, 6) is -12.0. The van der Waals surface area contributed by atoms with Crippen LogP contribution in [0.1, 0.15) is 56.1 Å². The molecule has 11 heteroatoms. The quantitative estimate of drug-likeness (QED) is 0.134. The summed E-state index contributed by atoms with van der Waals surface area (Å²) in [5, 5.41) is 0. The summed E-state index contributed by atoms with van der Waals surface area (Å²) in [6, 6.07) is 9.16. The minimum absolute atomic E-state index is 0.0821. The van der Waals surface area contributed by atoms with Gasteiger partial charge in [0, 0.05) is 29.9 Å². The van der Waals surface area contributed by atoms with E-state index in [1.165, 1.54) is 18.2 Å². The first-order valence-electron chi connectivity index (χ1n) is 14.3. The molecule has 45 heavy (non-hydrogen) atoms. The van der Waals surface area contributed by atoms with Crippen LogP contribution in [0.25, 0.3) is 22.3 Å². The lowest BCUT2D eigenvalue weighted by Gasteiger charge is -2.29. The van der Waals surface area contributed by atoms with Gasteiger partial charge in [-0.3, -0.25) is 0 Å². The van der Waals surface area contributed by atoms with Gasteiger partial charge in [0.1, 0.15) is 34.6 Å². The average molecular weight is 639 g/mol. The second-order valence-electron chi connectivity index (χ2n) is 10.9. The number of hydrogen-bond donors (Lipinski definition) is 0. The molecule has 0 unspecified atom stereocenters. The van der Waals surface area contributed by atoms with Crippen molar-refractivity contribution in [3.63, 3.8) is 0 Å². The van der Waals surface area contributed by atoms with Gasteiger partial charge in [0.15, 0.2) is 17.5 Å². The second-order valence-corrected chi connectivity index (χ2v) is 10.9. The molecule has 0 aromatic heterocycles. The van der Waals surface area contributed by atoms with Gasteiger partial charge in [-0.15, -0.1) is 0 Å². The van der Waals surface area contributed by atoms with E-state index in [0.29, 0.717) is 18.7 Å². The Balaban J connectivity index is 1.35. The highest BCUT2D eigenvalue weighted by Crippen LogP contribution is 2.39. The summed E-state index contributed by atoms with van der Waals surface area (Å²) in [6.45, 7) is 2.75. The molecule has 0 spiro atoms. The first kappa shape index (κ1) is 32.4. The molecule has 0 N–H and O–H groups in total. The van der Waals surface area contributed by atoms with E-state index in [1.807, 2.05) is 6.92 Å². The van der Waals surface area contributed by atoms with E-state index in [1.54, 1.807) is 6.07 Å². The van der Waals surface area contributed by atoms with Crippen molar-refractivity contribution in [1.82, 2.24) is 0 Å². The monoisotopic (exact) mass is 638 g/mol. The molecule has 4 aromatic carbocycles. The third kappa shape index (κ3) is 6.98. The summed E-state index contributed by atoms with van der Waals surface area (Å²) in [6.07, 6.45) is -0.195. The van der Waals surface area contributed by atoms with Crippen LogP contribution in [-0.4, -0.2) is 12.7 Å². The average Bonchev–Trinajstić information content (AvgIpc) is 2.98. The van der Waals surface area contributed by atoms with Gasteiger partial charge in [0.25, 0.3) is 0 Å². The van der Waals surface area contributed by atoms with Crippen molar-refractivity contribution in [1.29, 1.82) is 0 Å². The maximum Gasteiger partial charge on any atom is 0.432 e. The molecule has 5 rings (SSSR count). The number of benzene rings is 4. The fourth-order valence-electron chi connectivity index (χ4n) is 5.58. The molecule has 1 aliphatic rings. The summed E-state index contributed by atoms with van der Waals surface area (Å²) in [4.78, 5) is 0. The highest BCUT2D eigenvalue weighted by molar-refractivity contribution is 5.72. The smallest absolute Gasteiger partial charge is 0.429 e. The van der Waals surface area contributed by atoms with Crippen molar-refractivity contribution in [2.24, 2.45) is 0 Å². The van der Waals surface area contributed by atoms with Gasteiger partial charge < -0.3 is 9.47 Å². The van der Waals surface area contributed by atoms with Crippen LogP contribution in [0.2, 0.25) is 0 Å². The number of halogens is 9. The van der Waals surface area contributed by atoms with Crippen molar-refractivity contribution < 1.29 is 49.0 Å². The molecule has 1 aliphatic carbocycles. The first-order chi connectivity index (χ1) is 21.4. The van der Waals surface area contributed by atoms with Gasteiger partial charge in [-0.2, -0.15) is 8.78 Å². The van der Waals surface area contributed by atoms with Gasteiger partial charge in [-0.25, -0.2) is 30.7 Å². The minimum Gasteiger partial charge on any atom is -0.429 e. The van der Waals surface area contributed by atoms with E-state index >= 15 is 8.78 Å². The predicted octanol–water partition coefficient (Wildman–Crippen LogP) is 10.6. The molecule has 0 aliphatic heterocycles. The van der Waals surface area contributed by atoms with E-state index in [2.05, 4.69) is 4.74 Å². The van der Waals surface area contributed by atoms with Crippen molar-refractivity contribution in [2.45, 2.75) is 57.2 Å². The predicted molar refractivity (Wildman–Crippen MR) is 149 cm³/mol. The first-order valence-corrected chi connectivity index (χ1v) is 14.3. The Kier molecular flexibility index (Phi) is 9.48. The zero-order valence-electron chi connectivity index (χ0n) is 23.9. The lowest BCUT2D eigenvalue weighted by atomic mass is 9.82. The molecule has 238 valence electrons. The number of alkyl halides is 2. The molecule has 1 fully saturated rings. The maximum atomic E-state index is 15.2. The van der Waals surface area contributed by atoms with Gasteiger partial charge in [-0.05, 0) is 79.0 Å². The summed E-state index contributed by atoms with van der Waals surface area (Å²) in [7, 11) is 0. The van der Waals surface area contributed by atoms with E-state index in [9.17, 15) is 30.7 Å². The van der Waals surface area contributed by atoms with Gasteiger partial charge >= 0.3 is 6.11 Å². The molecule has 1 saturated carbocycles. The van der Waals surface area contributed by atoms with Crippen LogP contribution in [0.3, 0.4) is 0 Å². The van der Waals surface area contributed by atoms with Crippen LogP contribution in [0.4, 0.5) is 39.5 Å². The third-order valence-electron chi connectivity index (χ3n) is 7.82. The molecular formula is C34H27F9O2. The van der Waals surface area contributed by atoms with E-state index in [0.717, 1.165) is 49.8 Å². The number of ether oxygens (including phenoxy) is 2.